The summed E-state index contributed by atoms with van der Waals surface area (Å²) in [5.41, 5.74) is 1.30. The van der Waals surface area contributed by atoms with Gasteiger partial charge in [-0.1, -0.05) is 18.6 Å². The summed E-state index contributed by atoms with van der Waals surface area (Å²) in [6.07, 6.45) is 8.07. The molecule has 1 saturated heterocycles. The lowest BCUT2D eigenvalue weighted by Crippen LogP contribution is -2.45. The van der Waals surface area contributed by atoms with Crippen LogP contribution in [0.5, 0.6) is 11.8 Å². The van der Waals surface area contributed by atoms with Crippen molar-refractivity contribution in [2.45, 2.75) is 64.8 Å². The lowest BCUT2D eigenvalue weighted by atomic mass is 9.84. The molecule has 1 aliphatic carbocycles. The van der Waals surface area contributed by atoms with E-state index < -0.39 is 0 Å². The first-order valence-electron chi connectivity index (χ1n) is 14.2. The van der Waals surface area contributed by atoms with Crippen LogP contribution in [-0.4, -0.2) is 72.1 Å². The molecule has 1 N–H and O–H groups in total. The van der Waals surface area contributed by atoms with Crippen LogP contribution >= 0.6 is 22.6 Å². The number of unbranched alkanes of at least 4 members (excludes halogenated alkanes) is 1. The van der Waals surface area contributed by atoms with Gasteiger partial charge in [0.1, 0.15) is 6.33 Å². The molecule has 2 aliphatic rings. The molecule has 212 valence electrons. The third-order valence-corrected chi connectivity index (χ3v) is 8.40. The van der Waals surface area contributed by atoms with Crippen LogP contribution in [-0.2, 0) is 4.79 Å². The van der Waals surface area contributed by atoms with Gasteiger partial charge < -0.3 is 24.6 Å². The largest absolute Gasteiger partial charge is 0.476 e. The molecule has 9 nitrogen and oxygen atoms in total. The smallest absolute Gasteiger partial charge is 0.252 e. The highest BCUT2D eigenvalue weighted by molar-refractivity contribution is 14.1. The van der Waals surface area contributed by atoms with Gasteiger partial charge in [0.2, 0.25) is 17.7 Å². The van der Waals surface area contributed by atoms with Crippen molar-refractivity contribution in [3.63, 3.8) is 0 Å². The second-order valence-electron chi connectivity index (χ2n) is 10.1. The van der Waals surface area contributed by atoms with Gasteiger partial charge in [-0.15, -0.1) is 0 Å². The summed E-state index contributed by atoms with van der Waals surface area (Å²) in [6.45, 7) is 8.15. The van der Waals surface area contributed by atoms with E-state index in [1.165, 1.54) is 6.33 Å². The molecule has 0 bridgehead atoms. The van der Waals surface area contributed by atoms with Gasteiger partial charge in [-0.2, -0.15) is 9.97 Å². The maximum Gasteiger partial charge on any atom is 0.252 e. The van der Waals surface area contributed by atoms with E-state index in [9.17, 15) is 9.59 Å². The summed E-state index contributed by atoms with van der Waals surface area (Å²) in [5.74, 6) is 0.971. The van der Waals surface area contributed by atoms with Crippen LogP contribution < -0.4 is 19.7 Å². The Hall–Kier alpha value is -2.47. The Morgan fingerprint density at radius 2 is 1.69 bits per heavy atom. The van der Waals surface area contributed by atoms with Gasteiger partial charge in [-0.25, -0.2) is 0 Å². The standard InChI is InChI=1S/C29H40IN5O4/c1-3-38-27-25(28(39-4-2)32-20-31-27)35(29(37)21-10-9-11-21)17-8-7-16-34-18-14-22(15-19-34)33-26(36)23-12-5-6-13-24(23)30/h5-6,12-13,20-22H,3-4,7-11,14-19H2,1-2H3,(H,33,36). The molecule has 0 atom stereocenters. The van der Waals surface area contributed by atoms with Gasteiger partial charge in [-0.05, 0) is 93.6 Å². The summed E-state index contributed by atoms with van der Waals surface area (Å²) < 4.78 is 12.6. The van der Waals surface area contributed by atoms with Crippen LogP contribution in [0.15, 0.2) is 30.6 Å². The Bertz CT molecular complexity index is 1080. The zero-order valence-electron chi connectivity index (χ0n) is 23.0. The molecule has 0 radical (unpaired) electrons. The monoisotopic (exact) mass is 649 g/mol. The second-order valence-corrected chi connectivity index (χ2v) is 11.3. The SMILES string of the molecule is CCOc1ncnc(OCC)c1N(CCCCN1CCC(NC(=O)c2ccccc2I)CC1)C(=O)C1CCC1. The quantitative estimate of drug-likeness (QED) is 0.249. The van der Waals surface area contributed by atoms with Crippen LogP contribution in [0, 0.1) is 9.49 Å². The number of anilines is 1. The Morgan fingerprint density at radius 1 is 1.03 bits per heavy atom. The number of aromatic nitrogens is 2. The first kappa shape index (κ1) is 29.5. The molecule has 2 aromatic rings. The summed E-state index contributed by atoms with van der Waals surface area (Å²) >= 11 is 2.21. The Kier molecular flexibility index (Phi) is 11.2. The highest BCUT2D eigenvalue weighted by Crippen LogP contribution is 2.38. The fourth-order valence-electron chi connectivity index (χ4n) is 5.09. The molecule has 1 saturated carbocycles. The van der Waals surface area contributed by atoms with E-state index in [4.69, 9.17) is 9.47 Å². The van der Waals surface area contributed by atoms with Crippen molar-refractivity contribution in [3.8, 4) is 11.8 Å². The van der Waals surface area contributed by atoms with Gasteiger partial charge in [0.25, 0.3) is 5.91 Å². The zero-order valence-corrected chi connectivity index (χ0v) is 25.2. The van der Waals surface area contributed by atoms with E-state index in [0.717, 1.165) is 73.7 Å². The van der Waals surface area contributed by atoms with Gasteiger partial charge >= 0.3 is 0 Å². The number of carbonyl (C=O) groups is 2. The molecular weight excluding hydrogens is 609 g/mol. The highest BCUT2D eigenvalue weighted by Gasteiger charge is 2.34. The van der Waals surface area contributed by atoms with E-state index in [1.807, 2.05) is 43.0 Å². The summed E-state index contributed by atoms with van der Waals surface area (Å²) in [5, 5.41) is 3.21. The average molecular weight is 650 g/mol. The number of carbonyl (C=O) groups excluding carboxylic acids is 2. The van der Waals surface area contributed by atoms with E-state index in [2.05, 4.69) is 42.8 Å². The number of nitrogens with zero attached hydrogens (tertiary/aromatic N) is 4. The van der Waals surface area contributed by atoms with E-state index in [-0.39, 0.29) is 23.8 Å². The van der Waals surface area contributed by atoms with Crippen molar-refractivity contribution in [2.24, 2.45) is 5.92 Å². The van der Waals surface area contributed by atoms with Crippen molar-refractivity contribution >= 4 is 40.1 Å². The third-order valence-electron chi connectivity index (χ3n) is 7.45. The van der Waals surface area contributed by atoms with Crippen molar-refractivity contribution in [2.75, 3.05) is 44.3 Å². The third kappa shape index (κ3) is 7.81. The number of rotatable bonds is 13. The maximum absolute atomic E-state index is 13.5. The zero-order chi connectivity index (χ0) is 27.6. The molecule has 2 amide bonds. The van der Waals surface area contributed by atoms with Crippen LogP contribution in [0.4, 0.5) is 5.69 Å². The van der Waals surface area contributed by atoms with E-state index >= 15 is 0 Å². The maximum atomic E-state index is 13.5. The summed E-state index contributed by atoms with van der Waals surface area (Å²) in [4.78, 5) is 39.1. The molecule has 39 heavy (non-hydrogen) atoms. The van der Waals surface area contributed by atoms with Crippen molar-refractivity contribution < 1.29 is 19.1 Å². The molecule has 4 rings (SSSR count). The van der Waals surface area contributed by atoms with Crippen LogP contribution in [0.3, 0.4) is 0 Å². The number of hydrogen-bond donors (Lipinski definition) is 1. The fourth-order valence-corrected chi connectivity index (χ4v) is 5.72. The Balaban J connectivity index is 1.30. The van der Waals surface area contributed by atoms with Crippen molar-refractivity contribution in [1.82, 2.24) is 20.2 Å². The summed E-state index contributed by atoms with van der Waals surface area (Å²) in [7, 11) is 0. The Morgan fingerprint density at radius 3 is 2.28 bits per heavy atom. The topological polar surface area (TPSA) is 96.9 Å². The lowest BCUT2D eigenvalue weighted by molar-refractivity contribution is -0.124. The molecule has 2 heterocycles. The van der Waals surface area contributed by atoms with Crippen LogP contribution in [0.1, 0.15) is 69.2 Å². The van der Waals surface area contributed by atoms with E-state index in [1.54, 1.807) is 0 Å². The molecule has 1 aromatic carbocycles. The minimum absolute atomic E-state index is 0.0115. The minimum atomic E-state index is 0.0115. The summed E-state index contributed by atoms with van der Waals surface area (Å²) in [6, 6.07) is 7.89. The lowest BCUT2D eigenvalue weighted by Gasteiger charge is -2.34. The number of halogens is 1. The first-order valence-corrected chi connectivity index (χ1v) is 15.3. The van der Waals surface area contributed by atoms with Crippen LogP contribution in [0.25, 0.3) is 0 Å². The Labute approximate surface area is 245 Å². The number of ether oxygens (including phenoxy) is 2. The predicted molar refractivity (Wildman–Crippen MR) is 159 cm³/mol. The number of piperidine rings is 1. The number of benzene rings is 1. The molecular formula is C29H40IN5O4. The van der Waals surface area contributed by atoms with Gasteiger partial charge in [0.05, 0.1) is 18.8 Å². The molecule has 2 fully saturated rings. The number of hydrogen-bond acceptors (Lipinski definition) is 7. The predicted octanol–water partition coefficient (Wildman–Crippen LogP) is 4.69. The minimum Gasteiger partial charge on any atom is -0.476 e. The normalized spacial score (nSPS) is 16.4. The van der Waals surface area contributed by atoms with Crippen molar-refractivity contribution in [3.05, 3.63) is 39.7 Å². The second kappa shape index (κ2) is 14.8. The molecule has 0 spiro atoms. The first-order chi connectivity index (χ1) is 19.0. The highest BCUT2D eigenvalue weighted by atomic mass is 127. The number of nitrogens with one attached hydrogen (secondary N) is 1. The van der Waals surface area contributed by atoms with Crippen molar-refractivity contribution in [1.29, 1.82) is 0 Å². The fraction of sp³-hybridized carbons (Fsp3) is 0.586. The average Bonchev–Trinajstić information content (AvgIpc) is 2.90. The number of likely N-dealkylation sites (tertiary alicyclic amines) is 1. The van der Waals surface area contributed by atoms with Gasteiger partial charge in [-0.3, -0.25) is 9.59 Å². The van der Waals surface area contributed by atoms with Crippen LogP contribution in [0.2, 0.25) is 0 Å². The molecule has 1 aliphatic heterocycles. The number of amides is 2. The van der Waals surface area contributed by atoms with E-state index in [0.29, 0.717) is 37.2 Å². The molecule has 1 aromatic heterocycles. The molecule has 0 unspecified atom stereocenters. The molecule has 10 heteroatoms. The van der Waals surface area contributed by atoms with Gasteiger partial charge in [0.15, 0.2) is 5.69 Å². The van der Waals surface area contributed by atoms with Gasteiger partial charge in [0, 0.05) is 35.2 Å².